The van der Waals surface area contributed by atoms with Crippen LogP contribution in [0.3, 0.4) is 0 Å². The number of benzene rings is 1. The lowest BCUT2D eigenvalue weighted by Crippen LogP contribution is -2.46. The highest BCUT2D eigenvalue weighted by atomic mass is 32.2. The third-order valence-corrected chi connectivity index (χ3v) is 5.43. The topological polar surface area (TPSA) is 84.3 Å². The molecule has 1 aliphatic rings. The van der Waals surface area contributed by atoms with Gasteiger partial charge in [-0.3, -0.25) is 14.9 Å². The summed E-state index contributed by atoms with van der Waals surface area (Å²) in [5, 5.41) is 17.7. The van der Waals surface area contributed by atoms with Gasteiger partial charge in [0.1, 0.15) is 0 Å². The van der Waals surface area contributed by atoms with Crippen molar-refractivity contribution >= 4 is 23.4 Å². The third-order valence-electron chi connectivity index (χ3n) is 4.33. The van der Waals surface area contributed by atoms with Gasteiger partial charge in [-0.25, -0.2) is 0 Å². The smallest absolute Gasteiger partial charge is 0.283 e. The second-order valence-corrected chi connectivity index (χ2v) is 8.16. The van der Waals surface area contributed by atoms with Crippen molar-refractivity contribution in [1.29, 1.82) is 0 Å². The number of thioether (sulfide) groups is 1. The van der Waals surface area contributed by atoms with Crippen LogP contribution in [0.2, 0.25) is 0 Å². The highest BCUT2D eigenvalue weighted by Crippen LogP contribution is 2.31. The molecule has 2 rings (SSSR count). The number of nitrogens with zero attached hydrogens (tertiary/aromatic N) is 1. The van der Waals surface area contributed by atoms with Crippen molar-refractivity contribution in [2.45, 2.75) is 57.0 Å². The van der Waals surface area contributed by atoms with Crippen LogP contribution in [-0.2, 0) is 0 Å². The van der Waals surface area contributed by atoms with Crippen molar-refractivity contribution in [1.82, 2.24) is 10.6 Å². The first-order valence-corrected chi connectivity index (χ1v) is 9.81. The molecule has 0 bridgehead atoms. The van der Waals surface area contributed by atoms with Crippen molar-refractivity contribution < 1.29 is 9.72 Å². The van der Waals surface area contributed by atoms with Crippen molar-refractivity contribution in [3.05, 3.63) is 33.9 Å². The quantitative estimate of drug-likeness (QED) is 0.438. The van der Waals surface area contributed by atoms with E-state index >= 15 is 0 Å². The van der Waals surface area contributed by atoms with Crippen LogP contribution in [0.4, 0.5) is 5.69 Å². The van der Waals surface area contributed by atoms with Gasteiger partial charge in [-0.1, -0.05) is 13.8 Å². The maximum absolute atomic E-state index is 12.4. The van der Waals surface area contributed by atoms with Crippen LogP contribution >= 0.6 is 11.8 Å². The summed E-state index contributed by atoms with van der Waals surface area (Å²) < 4.78 is 0. The number of rotatable bonds is 7. The highest BCUT2D eigenvalue weighted by molar-refractivity contribution is 7.99. The Morgan fingerprint density at radius 2 is 2.24 bits per heavy atom. The highest BCUT2D eigenvalue weighted by Gasteiger charge is 2.22. The fraction of sp³-hybridized carbons (Fsp3) is 0.611. The molecule has 1 aromatic rings. The molecule has 2 unspecified atom stereocenters. The Hall–Kier alpha value is -1.60. The average molecular weight is 365 g/mol. The Balaban J connectivity index is 2.06. The van der Waals surface area contributed by atoms with E-state index in [0.717, 1.165) is 31.6 Å². The molecule has 7 heteroatoms. The standard InChI is InChI=1S/C18H27N3O3S/c1-12(2)7-9-25-17-5-4-14(11-16(17)21(23)24)18(22)20-15-6-8-19-13(3)10-15/h4-5,11-13,15,19H,6-10H2,1-3H3,(H,20,22). The Morgan fingerprint density at radius 3 is 2.88 bits per heavy atom. The van der Waals surface area contributed by atoms with Gasteiger partial charge in [0.25, 0.3) is 11.6 Å². The van der Waals surface area contributed by atoms with Gasteiger partial charge in [0.2, 0.25) is 0 Å². The van der Waals surface area contributed by atoms with Crippen molar-refractivity contribution in [3.63, 3.8) is 0 Å². The Morgan fingerprint density at radius 1 is 1.48 bits per heavy atom. The summed E-state index contributed by atoms with van der Waals surface area (Å²) in [7, 11) is 0. The minimum Gasteiger partial charge on any atom is -0.349 e. The summed E-state index contributed by atoms with van der Waals surface area (Å²) in [6.07, 6.45) is 2.75. The van der Waals surface area contributed by atoms with Crippen LogP contribution < -0.4 is 10.6 Å². The predicted molar refractivity (Wildman–Crippen MR) is 101 cm³/mol. The van der Waals surface area contributed by atoms with E-state index in [9.17, 15) is 14.9 Å². The summed E-state index contributed by atoms with van der Waals surface area (Å²) >= 11 is 1.48. The monoisotopic (exact) mass is 365 g/mol. The van der Waals surface area contributed by atoms with Crippen LogP contribution in [0.15, 0.2) is 23.1 Å². The lowest BCUT2D eigenvalue weighted by Gasteiger charge is -2.28. The molecule has 2 atom stereocenters. The van der Waals surface area contributed by atoms with E-state index in [2.05, 4.69) is 31.4 Å². The average Bonchev–Trinajstić information content (AvgIpc) is 2.54. The number of nitro benzene ring substituents is 1. The molecule has 0 radical (unpaired) electrons. The SMILES string of the molecule is CC(C)CCSc1ccc(C(=O)NC2CCNC(C)C2)cc1[N+](=O)[O-]. The molecule has 1 fully saturated rings. The molecular formula is C18H27N3O3S. The summed E-state index contributed by atoms with van der Waals surface area (Å²) in [5.41, 5.74) is 0.367. The van der Waals surface area contributed by atoms with E-state index in [0.29, 0.717) is 22.4 Å². The van der Waals surface area contributed by atoms with Gasteiger partial charge < -0.3 is 10.6 Å². The Bertz CT molecular complexity index is 622. The molecular weight excluding hydrogens is 338 g/mol. The van der Waals surface area contributed by atoms with Crippen LogP contribution in [0, 0.1) is 16.0 Å². The number of carbonyl (C=O) groups is 1. The number of carbonyl (C=O) groups excluding carboxylic acids is 1. The third kappa shape index (κ3) is 6.01. The normalized spacial score (nSPS) is 20.5. The molecule has 0 spiro atoms. The van der Waals surface area contributed by atoms with Crippen molar-refractivity contribution in [2.24, 2.45) is 5.92 Å². The number of amides is 1. The van der Waals surface area contributed by atoms with Crippen LogP contribution in [0.5, 0.6) is 0 Å². The van der Waals surface area contributed by atoms with Gasteiger partial charge in [-0.2, -0.15) is 0 Å². The maximum atomic E-state index is 12.4. The molecule has 0 aliphatic carbocycles. The van der Waals surface area contributed by atoms with E-state index < -0.39 is 4.92 Å². The van der Waals surface area contributed by atoms with E-state index in [-0.39, 0.29) is 17.6 Å². The first-order valence-electron chi connectivity index (χ1n) is 8.82. The van der Waals surface area contributed by atoms with Crippen LogP contribution in [-0.4, -0.2) is 35.2 Å². The summed E-state index contributed by atoms with van der Waals surface area (Å²) in [6.45, 7) is 7.22. The minimum atomic E-state index is -0.402. The summed E-state index contributed by atoms with van der Waals surface area (Å²) in [6, 6.07) is 5.27. The number of piperidine rings is 1. The van der Waals surface area contributed by atoms with Crippen molar-refractivity contribution in [3.8, 4) is 0 Å². The molecule has 1 amide bonds. The number of nitro groups is 1. The summed E-state index contributed by atoms with van der Waals surface area (Å²) in [5.74, 6) is 1.15. The molecule has 1 aromatic carbocycles. The second kappa shape index (κ2) is 9.20. The zero-order chi connectivity index (χ0) is 18.4. The fourth-order valence-corrected chi connectivity index (χ4v) is 4.11. The molecule has 138 valence electrons. The molecule has 6 nitrogen and oxygen atoms in total. The maximum Gasteiger partial charge on any atom is 0.283 e. The molecule has 1 saturated heterocycles. The van der Waals surface area contributed by atoms with Crippen LogP contribution in [0.25, 0.3) is 0 Å². The number of hydrogen-bond acceptors (Lipinski definition) is 5. The predicted octanol–water partition coefficient (Wildman–Crippen LogP) is 3.60. The zero-order valence-corrected chi connectivity index (χ0v) is 15.9. The lowest BCUT2D eigenvalue weighted by atomic mass is 10.0. The molecule has 2 N–H and O–H groups in total. The Labute approximate surface area is 153 Å². The van der Waals surface area contributed by atoms with Gasteiger partial charge in [-0.15, -0.1) is 11.8 Å². The number of nitrogens with one attached hydrogen (secondary N) is 2. The van der Waals surface area contributed by atoms with E-state index in [1.54, 1.807) is 12.1 Å². The Kier molecular flexibility index (Phi) is 7.25. The van der Waals surface area contributed by atoms with Gasteiger partial charge in [0.15, 0.2) is 0 Å². The van der Waals surface area contributed by atoms with Gasteiger partial charge >= 0.3 is 0 Å². The van der Waals surface area contributed by atoms with Gasteiger partial charge in [0, 0.05) is 23.7 Å². The first kappa shape index (κ1) is 19.7. The first-order chi connectivity index (χ1) is 11.9. The molecule has 1 heterocycles. The van der Waals surface area contributed by atoms with Crippen LogP contribution in [0.1, 0.15) is 50.4 Å². The summed E-state index contributed by atoms with van der Waals surface area (Å²) in [4.78, 5) is 24.0. The van der Waals surface area contributed by atoms with E-state index in [1.807, 2.05) is 0 Å². The lowest BCUT2D eigenvalue weighted by molar-refractivity contribution is -0.387. The van der Waals surface area contributed by atoms with Gasteiger partial charge in [0.05, 0.1) is 9.82 Å². The van der Waals surface area contributed by atoms with Crippen molar-refractivity contribution in [2.75, 3.05) is 12.3 Å². The number of hydrogen-bond donors (Lipinski definition) is 2. The minimum absolute atomic E-state index is 0.0140. The molecule has 1 aliphatic heterocycles. The largest absolute Gasteiger partial charge is 0.349 e. The van der Waals surface area contributed by atoms with E-state index in [1.165, 1.54) is 17.8 Å². The molecule has 0 aromatic heterocycles. The fourth-order valence-electron chi connectivity index (χ4n) is 2.86. The second-order valence-electron chi connectivity index (χ2n) is 7.02. The van der Waals surface area contributed by atoms with Gasteiger partial charge in [-0.05, 0) is 56.5 Å². The molecule has 0 saturated carbocycles. The van der Waals surface area contributed by atoms with E-state index in [4.69, 9.17) is 0 Å². The molecule has 25 heavy (non-hydrogen) atoms. The zero-order valence-electron chi connectivity index (χ0n) is 15.1.